The molecule has 0 atom stereocenters. The first-order valence-electron chi connectivity index (χ1n) is 12.0. The summed E-state index contributed by atoms with van der Waals surface area (Å²) in [5.74, 6) is 1.92. The van der Waals surface area contributed by atoms with Crippen molar-refractivity contribution in [1.29, 1.82) is 0 Å². The van der Waals surface area contributed by atoms with E-state index >= 15 is 0 Å². The maximum absolute atomic E-state index is 12.9. The van der Waals surface area contributed by atoms with Gasteiger partial charge in [-0.15, -0.1) is 0 Å². The summed E-state index contributed by atoms with van der Waals surface area (Å²) in [4.78, 5) is 19.9. The van der Waals surface area contributed by atoms with E-state index in [1.165, 1.54) is 36.0 Å². The first-order chi connectivity index (χ1) is 15.7. The Morgan fingerprint density at radius 2 is 1.66 bits per heavy atom. The highest BCUT2D eigenvalue weighted by molar-refractivity contribution is 5.78. The van der Waals surface area contributed by atoms with Crippen molar-refractivity contribution in [3.05, 3.63) is 47.5 Å². The molecule has 4 aliphatic rings. The van der Waals surface area contributed by atoms with E-state index in [-0.39, 0.29) is 0 Å². The highest BCUT2D eigenvalue weighted by atomic mass is 16.7. The fourth-order valence-electron chi connectivity index (χ4n) is 5.38. The fourth-order valence-corrected chi connectivity index (χ4v) is 5.38. The Morgan fingerprint density at radius 3 is 2.47 bits per heavy atom. The number of carbonyl (C=O) groups excluding carboxylic acids is 1. The number of rotatable bonds is 4. The third-order valence-corrected chi connectivity index (χ3v) is 7.62. The van der Waals surface area contributed by atoms with Crippen LogP contribution in [0.5, 0.6) is 11.5 Å². The number of amides is 1. The minimum absolute atomic E-state index is 0.290. The molecule has 2 fully saturated rings. The van der Waals surface area contributed by atoms with E-state index < -0.39 is 0 Å². The number of piperazine rings is 1. The molecule has 2 aromatic carbocycles. The minimum atomic E-state index is 0.290. The molecule has 2 aromatic rings. The summed E-state index contributed by atoms with van der Waals surface area (Å²) in [6.07, 6.45) is 5.05. The zero-order valence-corrected chi connectivity index (χ0v) is 18.6. The number of hydrogen-bond donors (Lipinski definition) is 0. The van der Waals surface area contributed by atoms with Gasteiger partial charge in [0, 0.05) is 45.3 Å². The summed E-state index contributed by atoms with van der Waals surface area (Å²) in [6.45, 7) is 6.48. The second kappa shape index (κ2) is 8.41. The third-order valence-electron chi connectivity index (χ3n) is 7.62. The van der Waals surface area contributed by atoms with E-state index in [1.807, 2.05) is 6.07 Å². The Morgan fingerprint density at radius 1 is 0.875 bits per heavy atom. The summed E-state index contributed by atoms with van der Waals surface area (Å²) in [6, 6.07) is 13.6. The second-order valence-electron chi connectivity index (χ2n) is 9.51. The highest BCUT2D eigenvalue weighted by Gasteiger charge is 2.30. The molecule has 1 amide bonds. The van der Waals surface area contributed by atoms with Crippen LogP contribution < -0.4 is 9.47 Å². The molecule has 6 nitrogen and oxygen atoms in total. The van der Waals surface area contributed by atoms with E-state index in [1.54, 1.807) is 0 Å². The summed E-state index contributed by atoms with van der Waals surface area (Å²) in [5.41, 5.74) is 5.08. The molecule has 6 rings (SSSR count). The van der Waals surface area contributed by atoms with Crippen LogP contribution in [0.3, 0.4) is 0 Å². The summed E-state index contributed by atoms with van der Waals surface area (Å²) >= 11 is 0. The highest BCUT2D eigenvalue weighted by Crippen LogP contribution is 2.36. The molecular weight excluding hydrogens is 402 g/mol. The molecule has 0 radical (unpaired) electrons. The van der Waals surface area contributed by atoms with Crippen LogP contribution in [0.1, 0.15) is 30.4 Å². The quantitative estimate of drug-likeness (QED) is 0.741. The summed E-state index contributed by atoms with van der Waals surface area (Å²) in [7, 11) is 0. The Kier molecular flexibility index (Phi) is 5.27. The first kappa shape index (κ1) is 20.1. The van der Waals surface area contributed by atoms with Crippen molar-refractivity contribution in [2.75, 3.05) is 46.1 Å². The average Bonchev–Trinajstić information content (AvgIpc) is 3.26. The molecule has 1 saturated heterocycles. The van der Waals surface area contributed by atoms with Crippen LogP contribution in [0.15, 0.2) is 36.4 Å². The Bertz CT molecular complexity index is 1010. The molecule has 0 bridgehead atoms. The molecule has 0 spiro atoms. The molecule has 168 valence electrons. The van der Waals surface area contributed by atoms with Gasteiger partial charge in [-0.05, 0) is 53.6 Å². The van der Waals surface area contributed by atoms with Gasteiger partial charge in [0.1, 0.15) is 0 Å². The van der Waals surface area contributed by atoms with Crippen LogP contribution in [0.2, 0.25) is 0 Å². The van der Waals surface area contributed by atoms with Crippen molar-refractivity contribution in [3.8, 4) is 22.6 Å². The largest absolute Gasteiger partial charge is 0.454 e. The van der Waals surface area contributed by atoms with Crippen LogP contribution in [-0.2, 0) is 17.8 Å². The lowest BCUT2D eigenvalue weighted by Gasteiger charge is -2.43. The van der Waals surface area contributed by atoms with Crippen molar-refractivity contribution in [3.63, 3.8) is 0 Å². The molecule has 32 heavy (non-hydrogen) atoms. The lowest BCUT2D eigenvalue weighted by molar-refractivity contribution is -0.135. The van der Waals surface area contributed by atoms with Crippen molar-refractivity contribution >= 4 is 5.91 Å². The zero-order chi connectivity index (χ0) is 21.5. The predicted octanol–water partition coefficient (Wildman–Crippen LogP) is 3.14. The number of fused-ring (bicyclic) bond motifs is 2. The molecule has 0 N–H and O–H groups in total. The van der Waals surface area contributed by atoms with E-state index in [2.05, 4.69) is 45.0 Å². The van der Waals surface area contributed by atoms with E-state index in [9.17, 15) is 4.79 Å². The van der Waals surface area contributed by atoms with Crippen LogP contribution in [0.4, 0.5) is 0 Å². The van der Waals surface area contributed by atoms with Gasteiger partial charge >= 0.3 is 0 Å². The number of carbonyl (C=O) groups is 1. The number of benzene rings is 2. The van der Waals surface area contributed by atoms with Crippen LogP contribution in [0.25, 0.3) is 11.1 Å². The summed E-state index contributed by atoms with van der Waals surface area (Å²) in [5, 5.41) is 0. The summed E-state index contributed by atoms with van der Waals surface area (Å²) < 4.78 is 11.0. The predicted molar refractivity (Wildman–Crippen MR) is 123 cm³/mol. The number of hydrogen-bond acceptors (Lipinski definition) is 5. The van der Waals surface area contributed by atoms with Gasteiger partial charge in [0.15, 0.2) is 11.5 Å². The normalized spacial score (nSPS) is 21.3. The van der Waals surface area contributed by atoms with Gasteiger partial charge in [0.2, 0.25) is 12.7 Å². The van der Waals surface area contributed by atoms with Crippen LogP contribution in [-0.4, -0.2) is 72.7 Å². The van der Waals surface area contributed by atoms with Crippen LogP contribution >= 0.6 is 0 Å². The molecule has 3 heterocycles. The second-order valence-corrected chi connectivity index (χ2v) is 9.51. The smallest absolute Gasteiger partial charge is 0.236 e. The van der Waals surface area contributed by atoms with Gasteiger partial charge < -0.3 is 14.4 Å². The van der Waals surface area contributed by atoms with Crippen LogP contribution in [0, 0.1) is 0 Å². The van der Waals surface area contributed by atoms with Crippen molar-refractivity contribution in [1.82, 2.24) is 14.7 Å². The lowest BCUT2D eigenvalue weighted by Crippen LogP contribution is -2.55. The molecule has 6 heteroatoms. The number of ether oxygens (including phenoxy) is 2. The molecule has 0 unspecified atom stereocenters. The van der Waals surface area contributed by atoms with Crippen molar-refractivity contribution < 1.29 is 14.3 Å². The Balaban J connectivity index is 1.07. The first-order valence-corrected chi connectivity index (χ1v) is 12.0. The topological polar surface area (TPSA) is 45.3 Å². The average molecular weight is 434 g/mol. The molecule has 1 aliphatic carbocycles. The van der Waals surface area contributed by atoms with Gasteiger partial charge in [-0.3, -0.25) is 14.6 Å². The van der Waals surface area contributed by atoms with E-state index in [0.29, 0.717) is 19.2 Å². The monoisotopic (exact) mass is 433 g/mol. The zero-order valence-electron chi connectivity index (χ0n) is 18.6. The van der Waals surface area contributed by atoms with E-state index in [0.717, 1.165) is 68.8 Å². The van der Waals surface area contributed by atoms with Crippen molar-refractivity contribution in [2.45, 2.75) is 38.3 Å². The van der Waals surface area contributed by atoms with E-state index in [4.69, 9.17) is 9.47 Å². The maximum atomic E-state index is 12.9. The maximum Gasteiger partial charge on any atom is 0.236 e. The Labute approximate surface area is 189 Å². The molecule has 0 aromatic heterocycles. The fraction of sp³-hybridized carbons (Fsp3) is 0.500. The SMILES string of the molecule is O=C(CN1CCc2cc(-c3ccc4c(c3)OCO4)ccc2C1)N1CCN(C2CCC2)CC1. The lowest BCUT2D eigenvalue weighted by atomic mass is 9.91. The number of nitrogens with zero attached hydrogens (tertiary/aromatic N) is 3. The van der Waals surface area contributed by atoms with Gasteiger partial charge in [-0.25, -0.2) is 0 Å². The molecular formula is C26H31N3O3. The van der Waals surface area contributed by atoms with Crippen molar-refractivity contribution in [2.24, 2.45) is 0 Å². The molecule has 1 saturated carbocycles. The van der Waals surface area contributed by atoms with Gasteiger partial charge in [0.25, 0.3) is 0 Å². The Hall–Kier alpha value is -2.57. The minimum Gasteiger partial charge on any atom is -0.454 e. The standard InChI is InChI=1S/C26H31N3O3/c30-26(29-12-10-28(11-13-29)23-2-1-3-23)17-27-9-8-21-14-19(4-5-22(21)16-27)20-6-7-24-25(15-20)32-18-31-24/h4-7,14-15,23H,1-3,8-13,16-18H2. The van der Waals surface area contributed by atoms with Gasteiger partial charge in [0.05, 0.1) is 6.54 Å². The third kappa shape index (κ3) is 3.86. The molecule has 3 aliphatic heterocycles. The van der Waals surface area contributed by atoms with Gasteiger partial charge in [-0.1, -0.05) is 30.7 Å². The van der Waals surface area contributed by atoms with Gasteiger partial charge in [-0.2, -0.15) is 0 Å².